The summed E-state index contributed by atoms with van der Waals surface area (Å²) in [5, 5.41) is 19.5. The van der Waals surface area contributed by atoms with E-state index in [4.69, 9.17) is 0 Å². The summed E-state index contributed by atoms with van der Waals surface area (Å²) in [5.74, 6) is 0.732. The van der Waals surface area contributed by atoms with Crippen LogP contribution in [0.3, 0.4) is 0 Å². The molecule has 1 saturated carbocycles. The molecule has 1 aliphatic carbocycles. The van der Waals surface area contributed by atoms with Gasteiger partial charge in [-0.15, -0.1) is 0 Å². The highest BCUT2D eigenvalue weighted by atomic mass is 16.3. The number of amides is 1. The van der Waals surface area contributed by atoms with E-state index in [1.54, 1.807) is 24.3 Å². The van der Waals surface area contributed by atoms with Gasteiger partial charge in [-0.3, -0.25) is 4.79 Å². The number of nitriles is 1. The molecule has 23 heavy (non-hydrogen) atoms. The van der Waals surface area contributed by atoms with E-state index in [9.17, 15) is 15.2 Å². The number of hydrogen-bond donors (Lipinski definition) is 1. The minimum atomic E-state index is -0.326. The van der Waals surface area contributed by atoms with Gasteiger partial charge in [0.2, 0.25) is 0 Å². The predicted octanol–water partition coefficient (Wildman–Crippen LogP) is 1.33. The Kier molecular flexibility index (Phi) is 4.38. The Morgan fingerprint density at radius 1 is 1.26 bits per heavy atom. The summed E-state index contributed by atoms with van der Waals surface area (Å²) >= 11 is 0. The van der Waals surface area contributed by atoms with Crippen LogP contribution in [0.1, 0.15) is 28.8 Å². The highest BCUT2D eigenvalue weighted by Crippen LogP contribution is 2.38. The van der Waals surface area contributed by atoms with E-state index in [2.05, 4.69) is 11.0 Å². The zero-order chi connectivity index (χ0) is 16.6. The molecule has 0 radical (unpaired) electrons. The Balaban J connectivity index is 1.75. The van der Waals surface area contributed by atoms with Crippen molar-refractivity contribution in [3.63, 3.8) is 0 Å². The fourth-order valence-electron chi connectivity index (χ4n) is 4.07. The maximum absolute atomic E-state index is 12.8. The molecule has 1 heterocycles. The summed E-state index contributed by atoms with van der Waals surface area (Å²) < 4.78 is 0. The third-order valence-corrected chi connectivity index (χ3v) is 5.34. The molecule has 4 atom stereocenters. The molecule has 0 aromatic heterocycles. The Morgan fingerprint density at radius 2 is 1.91 bits per heavy atom. The molecule has 5 heteroatoms. The van der Waals surface area contributed by atoms with Crippen LogP contribution < -0.4 is 0 Å². The maximum atomic E-state index is 12.8. The van der Waals surface area contributed by atoms with E-state index < -0.39 is 0 Å². The first-order valence-electron chi connectivity index (χ1n) is 8.14. The van der Waals surface area contributed by atoms with Crippen LogP contribution >= 0.6 is 0 Å². The van der Waals surface area contributed by atoms with Crippen LogP contribution in [0, 0.1) is 23.2 Å². The summed E-state index contributed by atoms with van der Waals surface area (Å²) in [6.07, 6.45) is 1.34. The number of likely N-dealkylation sites (N-methyl/N-ethyl adjacent to an activating group) is 1. The van der Waals surface area contributed by atoms with Crippen molar-refractivity contribution in [1.82, 2.24) is 9.80 Å². The second-order valence-corrected chi connectivity index (χ2v) is 6.96. The van der Waals surface area contributed by atoms with Crippen LogP contribution in [0.4, 0.5) is 0 Å². The SMILES string of the molecule is CN(C)[C@@H]1C[C@@H]2CN(C(=O)c3ccccc3C#N)C[C@@H]2C[C@H]1O. The topological polar surface area (TPSA) is 67.6 Å². The Bertz CT molecular complexity index is 637. The average molecular weight is 313 g/mol. The number of hydrogen-bond acceptors (Lipinski definition) is 4. The van der Waals surface area contributed by atoms with Gasteiger partial charge in [0.15, 0.2) is 0 Å². The van der Waals surface area contributed by atoms with Gasteiger partial charge in [-0.1, -0.05) is 12.1 Å². The fourth-order valence-corrected chi connectivity index (χ4v) is 4.07. The van der Waals surface area contributed by atoms with Crippen LogP contribution in [0.25, 0.3) is 0 Å². The summed E-state index contributed by atoms with van der Waals surface area (Å²) in [6.45, 7) is 1.40. The molecule has 1 aromatic rings. The minimum Gasteiger partial charge on any atom is -0.391 e. The predicted molar refractivity (Wildman–Crippen MR) is 86.8 cm³/mol. The van der Waals surface area contributed by atoms with Gasteiger partial charge in [0.1, 0.15) is 0 Å². The van der Waals surface area contributed by atoms with Crippen LogP contribution in [0.5, 0.6) is 0 Å². The monoisotopic (exact) mass is 313 g/mol. The van der Waals surface area contributed by atoms with E-state index >= 15 is 0 Å². The molecule has 2 aliphatic rings. The van der Waals surface area contributed by atoms with Crippen molar-refractivity contribution in [1.29, 1.82) is 5.26 Å². The van der Waals surface area contributed by atoms with Crippen LogP contribution in [-0.4, -0.2) is 60.1 Å². The molecule has 0 spiro atoms. The number of benzene rings is 1. The molecule has 122 valence electrons. The molecule has 2 fully saturated rings. The third kappa shape index (κ3) is 2.97. The number of carbonyl (C=O) groups excluding carboxylic acids is 1. The van der Waals surface area contributed by atoms with Crippen LogP contribution in [0.15, 0.2) is 24.3 Å². The molecule has 0 unspecified atom stereocenters. The van der Waals surface area contributed by atoms with Crippen molar-refractivity contribution >= 4 is 5.91 Å². The first-order valence-corrected chi connectivity index (χ1v) is 8.14. The summed E-state index contributed by atoms with van der Waals surface area (Å²) in [6, 6.07) is 9.24. The minimum absolute atomic E-state index is 0.0626. The Labute approximate surface area is 137 Å². The normalized spacial score (nSPS) is 30.1. The molecule has 3 rings (SSSR count). The highest BCUT2D eigenvalue weighted by molar-refractivity contribution is 5.96. The average Bonchev–Trinajstić information content (AvgIpc) is 2.95. The largest absolute Gasteiger partial charge is 0.391 e. The molecule has 5 nitrogen and oxygen atoms in total. The summed E-state index contributed by atoms with van der Waals surface area (Å²) in [5.41, 5.74) is 0.914. The van der Waals surface area contributed by atoms with Crippen molar-refractivity contribution in [2.24, 2.45) is 11.8 Å². The first-order chi connectivity index (χ1) is 11.0. The number of aliphatic hydroxyl groups excluding tert-OH is 1. The number of fused-ring (bicyclic) bond motifs is 1. The van der Waals surface area contributed by atoms with Crippen molar-refractivity contribution in [2.75, 3.05) is 27.2 Å². The highest BCUT2D eigenvalue weighted by Gasteiger charge is 2.43. The standard InChI is InChI=1S/C18H23N3O2/c1-20(2)16-7-13-10-21(11-14(13)8-17(16)22)18(23)15-6-4-3-5-12(15)9-19/h3-6,13-14,16-17,22H,7-8,10-11H2,1-2H3/t13-,14+,16-,17-/m1/s1. The summed E-state index contributed by atoms with van der Waals surface area (Å²) in [4.78, 5) is 16.7. The van der Waals surface area contributed by atoms with E-state index in [1.165, 1.54) is 0 Å². The quantitative estimate of drug-likeness (QED) is 0.894. The molecule has 1 aliphatic heterocycles. The van der Waals surface area contributed by atoms with Gasteiger partial charge in [0.05, 0.1) is 23.3 Å². The van der Waals surface area contributed by atoms with Crippen molar-refractivity contribution < 1.29 is 9.90 Å². The number of likely N-dealkylation sites (tertiary alicyclic amines) is 1. The molecule has 1 N–H and O–H groups in total. The van der Waals surface area contributed by atoms with Gasteiger partial charge in [0.25, 0.3) is 5.91 Å². The van der Waals surface area contributed by atoms with E-state index in [-0.39, 0.29) is 18.1 Å². The van der Waals surface area contributed by atoms with Crippen molar-refractivity contribution in [2.45, 2.75) is 25.0 Å². The van der Waals surface area contributed by atoms with Gasteiger partial charge in [-0.05, 0) is 50.9 Å². The van der Waals surface area contributed by atoms with E-state index in [1.807, 2.05) is 19.0 Å². The van der Waals surface area contributed by atoms with Crippen LogP contribution in [0.2, 0.25) is 0 Å². The van der Waals surface area contributed by atoms with Gasteiger partial charge < -0.3 is 14.9 Å². The molecule has 1 amide bonds. The number of nitrogens with zero attached hydrogens (tertiary/aromatic N) is 3. The summed E-state index contributed by atoms with van der Waals surface area (Å²) in [7, 11) is 3.99. The number of aliphatic hydroxyl groups is 1. The molecular weight excluding hydrogens is 290 g/mol. The lowest BCUT2D eigenvalue weighted by Gasteiger charge is -2.38. The second kappa shape index (κ2) is 6.31. The zero-order valence-electron chi connectivity index (χ0n) is 13.6. The zero-order valence-corrected chi connectivity index (χ0v) is 13.6. The molecule has 0 bridgehead atoms. The van der Waals surface area contributed by atoms with Gasteiger partial charge >= 0.3 is 0 Å². The molecule has 1 saturated heterocycles. The number of rotatable bonds is 2. The smallest absolute Gasteiger partial charge is 0.255 e. The van der Waals surface area contributed by atoms with E-state index in [0.29, 0.717) is 29.5 Å². The lowest BCUT2D eigenvalue weighted by molar-refractivity contribution is 0.00940. The van der Waals surface area contributed by atoms with Crippen LogP contribution in [-0.2, 0) is 0 Å². The van der Waals surface area contributed by atoms with E-state index in [0.717, 1.165) is 19.4 Å². The van der Waals surface area contributed by atoms with Crippen molar-refractivity contribution in [3.8, 4) is 6.07 Å². The molecule has 1 aromatic carbocycles. The third-order valence-electron chi connectivity index (χ3n) is 5.34. The van der Waals surface area contributed by atoms with Crippen molar-refractivity contribution in [3.05, 3.63) is 35.4 Å². The molecular formula is C18H23N3O2. The fraction of sp³-hybridized carbons (Fsp3) is 0.556. The first kappa shape index (κ1) is 16.0. The maximum Gasteiger partial charge on any atom is 0.255 e. The van der Waals surface area contributed by atoms with Gasteiger partial charge in [0, 0.05) is 19.1 Å². The second-order valence-electron chi connectivity index (χ2n) is 6.96. The van der Waals surface area contributed by atoms with Gasteiger partial charge in [-0.25, -0.2) is 0 Å². The lowest BCUT2D eigenvalue weighted by atomic mass is 9.77. The Morgan fingerprint density at radius 3 is 2.57 bits per heavy atom. The number of carbonyl (C=O) groups is 1. The lowest BCUT2D eigenvalue weighted by Crippen LogP contribution is -2.46. The Hall–Kier alpha value is -1.90. The van der Waals surface area contributed by atoms with Gasteiger partial charge in [-0.2, -0.15) is 5.26 Å².